The molecule has 1 aromatic carbocycles. The van der Waals surface area contributed by atoms with E-state index in [4.69, 9.17) is 5.73 Å². The number of fused-ring (bicyclic) bond motifs is 1. The maximum atomic E-state index is 12.3. The number of carbonyl (C=O) groups is 1. The highest BCUT2D eigenvalue weighted by Crippen LogP contribution is 2.30. The highest BCUT2D eigenvalue weighted by molar-refractivity contribution is 5.99. The lowest BCUT2D eigenvalue weighted by Gasteiger charge is -2.16. The summed E-state index contributed by atoms with van der Waals surface area (Å²) in [5, 5.41) is 4.84. The first-order valence-corrected chi connectivity index (χ1v) is 7.58. The minimum atomic E-state index is -0.133. The number of rotatable bonds is 3. The fourth-order valence-corrected chi connectivity index (χ4v) is 3.18. The van der Waals surface area contributed by atoms with E-state index in [0.29, 0.717) is 23.3 Å². The Bertz CT molecular complexity index is 668. The molecule has 2 aromatic rings. The third-order valence-electron chi connectivity index (χ3n) is 4.57. The average Bonchev–Trinajstić information content (AvgIpc) is 2.90. The Balaban J connectivity index is 1.75. The van der Waals surface area contributed by atoms with Crippen LogP contribution in [0.3, 0.4) is 0 Å². The topological polar surface area (TPSA) is 68.0 Å². The molecular formula is C17H21N3O. The van der Waals surface area contributed by atoms with E-state index in [2.05, 4.69) is 17.2 Å². The van der Waals surface area contributed by atoms with Gasteiger partial charge in [0.15, 0.2) is 0 Å². The number of nitrogen functional groups attached to an aromatic ring is 1. The van der Waals surface area contributed by atoms with Gasteiger partial charge in [-0.05, 0) is 29.7 Å². The van der Waals surface area contributed by atoms with Crippen LogP contribution in [-0.2, 0) is 0 Å². The standard InChI is InChI=1S/C17H21N3O/c1-11-5-4-7-13(11)10-19-17(21)15-9-12-6-2-3-8-14(12)16(18)20-15/h2-3,6,8-9,11,13H,4-5,7,10H2,1H3,(H2,18,20)(H,19,21). The molecule has 3 rings (SSSR count). The van der Waals surface area contributed by atoms with Gasteiger partial charge in [-0.1, -0.05) is 44.0 Å². The van der Waals surface area contributed by atoms with Crippen molar-refractivity contribution in [1.29, 1.82) is 0 Å². The summed E-state index contributed by atoms with van der Waals surface area (Å²) < 4.78 is 0. The zero-order chi connectivity index (χ0) is 14.8. The molecule has 2 unspecified atom stereocenters. The van der Waals surface area contributed by atoms with Crippen molar-refractivity contribution in [2.24, 2.45) is 11.8 Å². The molecule has 0 spiro atoms. The summed E-state index contributed by atoms with van der Waals surface area (Å²) in [6, 6.07) is 9.52. The first-order chi connectivity index (χ1) is 10.1. The Hall–Kier alpha value is -2.10. The highest BCUT2D eigenvalue weighted by atomic mass is 16.1. The van der Waals surface area contributed by atoms with Gasteiger partial charge in [-0.15, -0.1) is 0 Å². The van der Waals surface area contributed by atoms with Gasteiger partial charge >= 0.3 is 0 Å². The van der Waals surface area contributed by atoms with E-state index in [-0.39, 0.29) is 5.91 Å². The van der Waals surface area contributed by atoms with E-state index < -0.39 is 0 Å². The van der Waals surface area contributed by atoms with Gasteiger partial charge in [-0.3, -0.25) is 4.79 Å². The van der Waals surface area contributed by atoms with Gasteiger partial charge < -0.3 is 11.1 Å². The van der Waals surface area contributed by atoms with Gasteiger partial charge in [0, 0.05) is 11.9 Å². The maximum absolute atomic E-state index is 12.3. The molecule has 1 fully saturated rings. The van der Waals surface area contributed by atoms with E-state index in [1.54, 1.807) is 6.07 Å². The van der Waals surface area contributed by atoms with Crippen LogP contribution in [0.25, 0.3) is 10.8 Å². The number of amides is 1. The number of anilines is 1. The van der Waals surface area contributed by atoms with E-state index in [1.807, 2.05) is 24.3 Å². The summed E-state index contributed by atoms with van der Waals surface area (Å²) in [5.41, 5.74) is 6.34. The number of nitrogens with one attached hydrogen (secondary N) is 1. The van der Waals surface area contributed by atoms with Gasteiger partial charge in [0.25, 0.3) is 5.91 Å². The molecule has 1 saturated carbocycles. The minimum Gasteiger partial charge on any atom is -0.383 e. The van der Waals surface area contributed by atoms with Gasteiger partial charge in [-0.2, -0.15) is 0 Å². The summed E-state index contributed by atoms with van der Waals surface area (Å²) in [4.78, 5) is 16.5. The number of nitrogens with two attached hydrogens (primary N) is 1. The molecule has 1 heterocycles. The second kappa shape index (κ2) is 5.72. The van der Waals surface area contributed by atoms with E-state index in [1.165, 1.54) is 19.3 Å². The first kappa shape index (κ1) is 13.9. The van der Waals surface area contributed by atoms with Crippen LogP contribution in [0, 0.1) is 11.8 Å². The number of hydrogen-bond acceptors (Lipinski definition) is 3. The van der Waals surface area contributed by atoms with Crippen LogP contribution >= 0.6 is 0 Å². The Kier molecular flexibility index (Phi) is 3.78. The highest BCUT2D eigenvalue weighted by Gasteiger charge is 2.24. The average molecular weight is 283 g/mol. The molecule has 1 aliphatic rings. The molecule has 0 bridgehead atoms. The van der Waals surface area contributed by atoms with Crippen LogP contribution in [-0.4, -0.2) is 17.4 Å². The molecule has 0 radical (unpaired) electrons. The van der Waals surface area contributed by atoms with Gasteiger partial charge in [0.05, 0.1) is 0 Å². The van der Waals surface area contributed by atoms with E-state index in [9.17, 15) is 4.79 Å². The van der Waals surface area contributed by atoms with Crippen LogP contribution in [0.15, 0.2) is 30.3 Å². The molecule has 110 valence electrons. The molecule has 1 aromatic heterocycles. The molecule has 21 heavy (non-hydrogen) atoms. The Morgan fingerprint density at radius 3 is 2.95 bits per heavy atom. The van der Waals surface area contributed by atoms with Crippen molar-refractivity contribution in [2.45, 2.75) is 26.2 Å². The summed E-state index contributed by atoms with van der Waals surface area (Å²) in [5.74, 6) is 1.56. The quantitative estimate of drug-likeness (QED) is 0.910. The number of hydrogen-bond donors (Lipinski definition) is 2. The maximum Gasteiger partial charge on any atom is 0.270 e. The fraction of sp³-hybridized carbons (Fsp3) is 0.412. The van der Waals surface area contributed by atoms with Crippen molar-refractivity contribution in [1.82, 2.24) is 10.3 Å². The summed E-state index contributed by atoms with van der Waals surface area (Å²) in [7, 11) is 0. The molecule has 2 atom stereocenters. The lowest BCUT2D eigenvalue weighted by atomic mass is 9.98. The summed E-state index contributed by atoms with van der Waals surface area (Å²) in [6.07, 6.45) is 3.74. The van der Waals surface area contributed by atoms with E-state index in [0.717, 1.165) is 17.3 Å². The Morgan fingerprint density at radius 1 is 1.38 bits per heavy atom. The second-order valence-electron chi connectivity index (χ2n) is 5.99. The van der Waals surface area contributed by atoms with Crippen LogP contribution in [0.5, 0.6) is 0 Å². The van der Waals surface area contributed by atoms with Gasteiger partial charge in [0.2, 0.25) is 0 Å². The number of nitrogens with zero attached hydrogens (tertiary/aromatic N) is 1. The third-order valence-corrected chi connectivity index (χ3v) is 4.57. The SMILES string of the molecule is CC1CCCC1CNC(=O)c1cc2ccccc2c(N)n1. The largest absolute Gasteiger partial charge is 0.383 e. The van der Waals surface area contributed by atoms with Crippen LogP contribution in [0.2, 0.25) is 0 Å². The second-order valence-corrected chi connectivity index (χ2v) is 5.99. The minimum absolute atomic E-state index is 0.133. The fourth-order valence-electron chi connectivity index (χ4n) is 3.18. The predicted molar refractivity (Wildman–Crippen MR) is 85.0 cm³/mol. The van der Waals surface area contributed by atoms with Crippen LogP contribution < -0.4 is 11.1 Å². The van der Waals surface area contributed by atoms with E-state index >= 15 is 0 Å². The van der Waals surface area contributed by atoms with Crippen molar-refractivity contribution in [3.8, 4) is 0 Å². The lowest BCUT2D eigenvalue weighted by Crippen LogP contribution is -2.31. The monoisotopic (exact) mass is 283 g/mol. The molecule has 0 aliphatic heterocycles. The number of aromatic nitrogens is 1. The zero-order valence-electron chi connectivity index (χ0n) is 12.3. The predicted octanol–water partition coefficient (Wildman–Crippen LogP) is 2.98. The summed E-state index contributed by atoms with van der Waals surface area (Å²) in [6.45, 7) is 2.99. The van der Waals surface area contributed by atoms with Crippen molar-refractivity contribution < 1.29 is 4.79 Å². The van der Waals surface area contributed by atoms with Crippen molar-refractivity contribution in [2.75, 3.05) is 12.3 Å². The lowest BCUT2D eigenvalue weighted by molar-refractivity contribution is 0.0940. The van der Waals surface area contributed by atoms with Gasteiger partial charge in [-0.25, -0.2) is 4.98 Å². The number of carbonyl (C=O) groups excluding carboxylic acids is 1. The smallest absolute Gasteiger partial charge is 0.270 e. The molecular weight excluding hydrogens is 262 g/mol. The summed E-state index contributed by atoms with van der Waals surface area (Å²) >= 11 is 0. The Labute approximate surface area is 124 Å². The molecule has 0 saturated heterocycles. The molecule has 4 heteroatoms. The molecule has 3 N–H and O–H groups in total. The van der Waals surface area contributed by atoms with Crippen LogP contribution in [0.4, 0.5) is 5.82 Å². The molecule has 1 aliphatic carbocycles. The van der Waals surface area contributed by atoms with Crippen molar-refractivity contribution in [3.05, 3.63) is 36.0 Å². The number of pyridine rings is 1. The zero-order valence-corrected chi connectivity index (χ0v) is 12.3. The normalized spacial score (nSPS) is 21.6. The number of benzene rings is 1. The Morgan fingerprint density at radius 2 is 2.19 bits per heavy atom. The third kappa shape index (κ3) is 2.84. The first-order valence-electron chi connectivity index (χ1n) is 7.58. The van der Waals surface area contributed by atoms with Gasteiger partial charge in [0.1, 0.15) is 11.5 Å². The van der Waals surface area contributed by atoms with Crippen molar-refractivity contribution in [3.63, 3.8) is 0 Å². The van der Waals surface area contributed by atoms with Crippen LogP contribution in [0.1, 0.15) is 36.7 Å². The van der Waals surface area contributed by atoms with Crippen molar-refractivity contribution >= 4 is 22.5 Å². The molecule has 4 nitrogen and oxygen atoms in total. The molecule has 1 amide bonds.